The predicted molar refractivity (Wildman–Crippen MR) is 142 cm³/mol. The van der Waals surface area contributed by atoms with E-state index in [1.165, 1.54) is 16.0 Å². The number of hydrogen-bond acceptors (Lipinski definition) is 3. The molecule has 0 aromatic heterocycles. The number of fused-ring (bicyclic) bond motifs is 1. The molecule has 1 atom stereocenters. The summed E-state index contributed by atoms with van der Waals surface area (Å²) in [5.41, 5.74) is 4.47. The summed E-state index contributed by atoms with van der Waals surface area (Å²) in [5, 5.41) is 9.93. The Morgan fingerprint density at radius 3 is 2.47 bits per heavy atom. The molecule has 0 fully saturated rings. The molecule has 3 aromatic carbocycles. The summed E-state index contributed by atoms with van der Waals surface area (Å²) in [7, 11) is 0. The molecule has 1 aliphatic rings. The van der Waals surface area contributed by atoms with Crippen molar-refractivity contribution in [3.8, 4) is 5.75 Å². The molecule has 0 aliphatic carbocycles. The highest BCUT2D eigenvalue weighted by Gasteiger charge is 2.32. The van der Waals surface area contributed by atoms with E-state index in [1.54, 1.807) is 24.3 Å². The largest absolute Gasteiger partial charge is 0.487 e. The van der Waals surface area contributed by atoms with E-state index in [9.17, 15) is 14.7 Å². The lowest BCUT2D eigenvalue weighted by atomic mass is 9.86. The molecule has 6 heteroatoms. The lowest BCUT2D eigenvalue weighted by Crippen LogP contribution is -2.39. The topological polar surface area (TPSA) is 66.8 Å². The minimum absolute atomic E-state index is 0.161. The molecular weight excluding hydrogens is 474 g/mol. The Morgan fingerprint density at radius 2 is 1.78 bits per heavy atom. The smallest absolute Gasteiger partial charge is 0.323 e. The second-order valence-electron chi connectivity index (χ2n) is 9.80. The fraction of sp³-hybridized carbons (Fsp3) is 0.333. The Balaban J connectivity index is 1.48. The van der Waals surface area contributed by atoms with E-state index in [0.717, 1.165) is 49.0 Å². The van der Waals surface area contributed by atoms with Gasteiger partial charge in [0.15, 0.2) is 0 Å². The molecule has 3 aromatic rings. The molecule has 4 rings (SSSR count). The normalized spacial score (nSPS) is 16.6. The van der Waals surface area contributed by atoms with E-state index >= 15 is 0 Å². The van der Waals surface area contributed by atoms with Gasteiger partial charge in [0, 0.05) is 23.6 Å². The van der Waals surface area contributed by atoms with Crippen LogP contribution in [0.1, 0.15) is 59.3 Å². The summed E-state index contributed by atoms with van der Waals surface area (Å²) in [5.74, 6) is -0.617. The number of aliphatic carboxylic acids is 1. The molecule has 1 heterocycles. The number of carboxylic acids is 1. The van der Waals surface area contributed by atoms with Gasteiger partial charge in [-0.1, -0.05) is 61.3 Å². The van der Waals surface area contributed by atoms with Crippen LogP contribution in [0.3, 0.4) is 0 Å². The third-order valence-electron chi connectivity index (χ3n) is 6.60. The average Bonchev–Trinajstić information content (AvgIpc) is 2.84. The average molecular weight is 506 g/mol. The number of benzene rings is 3. The lowest BCUT2D eigenvalue weighted by molar-refractivity contribution is -0.137. The Morgan fingerprint density at radius 1 is 1.03 bits per heavy atom. The number of ether oxygens (including phenoxy) is 1. The van der Waals surface area contributed by atoms with Crippen LogP contribution in [0.4, 0.5) is 0 Å². The van der Waals surface area contributed by atoms with E-state index in [2.05, 4.69) is 38.1 Å². The summed E-state index contributed by atoms with van der Waals surface area (Å²) in [4.78, 5) is 26.1. The zero-order valence-electron chi connectivity index (χ0n) is 20.8. The Hall–Kier alpha value is -3.31. The summed E-state index contributed by atoms with van der Waals surface area (Å²) in [6, 6.07) is 21.3. The highest BCUT2D eigenvalue weighted by atomic mass is 35.5. The summed E-state index contributed by atoms with van der Waals surface area (Å²) < 4.78 is 6.44. The van der Waals surface area contributed by atoms with Crippen molar-refractivity contribution in [1.82, 2.24) is 4.90 Å². The second-order valence-corrected chi connectivity index (χ2v) is 10.2. The number of aryl methyl sites for hydroxylation is 2. The van der Waals surface area contributed by atoms with E-state index in [1.807, 2.05) is 18.2 Å². The van der Waals surface area contributed by atoms with E-state index in [4.69, 9.17) is 16.3 Å². The number of carbonyl (C=O) groups is 2. The highest BCUT2D eigenvalue weighted by molar-refractivity contribution is 6.30. The van der Waals surface area contributed by atoms with Crippen molar-refractivity contribution in [2.45, 2.75) is 58.1 Å². The number of carbonyl (C=O) groups excluding carboxylic acids is 1. The molecule has 0 radical (unpaired) electrons. The van der Waals surface area contributed by atoms with E-state index in [-0.39, 0.29) is 18.1 Å². The van der Waals surface area contributed by atoms with Crippen LogP contribution in [0, 0.1) is 0 Å². The summed E-state index contributed by atoms with van der Waals surface area (Å²) >= 11 is 6.07. The standard InChI is InChI=1S/C30H32ClNO4/c1-3-5-21-8-10-22(11-9-21)18-30(2)15-14-24-17-25(12-13-27(24)36-30)29(35)32(20-28(33)34)19-23-6-4-7-26(31)16-23/h4,6-13,16-17H,3,5,14-15,18-20H2,1-2H3,(H,33,34). The van der Waals surface area contributed by atoms with Gasteiger partial charge >= 0.3 is 5.97 Å². The van der Waals surface area contributed by atoms with Gasteiger partial charge in [-0.15, -0.1) is 0 Å². The molecule has 0 bridgehead atoms. The fourth-order valence-corrected chi connectivity index (χ4v) is 5.01. The zero-order valence-corrected chi connectivity index (χ0v) is 21.6. The quantitative estimate of drug-likeness (QED) is 0.368. The van der Waals surface area contributed by atoms with Crippen molar-refractivity contribution in [2.75, 3.05) is 6.54 Å². The second kappa shape index (κ2) is 11.2. The maximum atomic E-state index is 13.3. The van der Waals surface area contributed by atoms with Gasteiger partial charge < -0.3 is 14.7 Å². The van der Waals surface area contributed by atoms with E-state index < -0.39 is 12.5 Å². The third kappa shape index (κ3) is 6.46. The van der Waals surface area contributed by atoms with Crippen LogP contribution in [0.25, 0.3) is 0 Å². The van der Waals surface area contributed by atoms with Gasteiger partial charge in [-0.05, 0) is 78.8 Å². The van der Waals surface area contributed by atoms with Crippen LogP contribution >= 0.6 is 11.6 Å². The van der Waals surface area contributed by atoms with Crippen LogP contribution in [0.5, 0.6) is 5.75 Å². The Bertz CT molecular complexity index is 1240. The fourth-order valence-electron chi connectivity index (χ4n) is 4.79. The van der Waals surface area contributed by atoms with Crippen molar-refractivity contribution in [2.24, 2.45) is 0 Å². The molecule has 36 heavy (non-hydrogen) atoms. The first-order valence-corrected chi connectivity index (χ1v) is 12.8. The number of nitrogens with zero attached hydrogens (tertiary/aromatic N) is 1. The van der Waals surface area contributed by atoms with Crippen molar-refractivity contribution in [3.63, 3.8) is 0 Å². The van der Waals surface area contributed by atoms with Gasteiger partial charge in [-0.2, -0.15) is 0 Å². The Kier molecular flexibility index (Phi) is 8.00. The van der Waals surface area contributed by atoms with Gasteiger partial charge in [0.05, 0.1) is 0 Å². The molecule has 0 saturated carbocycles. The first-order valence-electron chi connectivity index (χ1n) is 12.4. The maximum absolute atomic E-state index is 13.3. The van der Waals surface area contributed by atoms with Crippen molar-refractivity contribution in [3.05, 3.63) is 99.6 Å². The minimum Gasteiger partial charge on any atom is -0.487 e. The molecule has 1 N–H and O–H groups in total. The van der Waals surface area contributed by atoms with E-state index in [0.29, 0.717) is 10.6 Å². The monoisotopic (exact) mass is 505 g/mol. The van der Waals surface area contributed by atoms with Crippen LogP contribution < -0.4 is 4.74 Å². The highest BCUT2D eigenvalue weighted by Crippen LogP contribution is 2.36. The molecule has 188 valence electrons. The first-order chi connectivity index (χ1) is 17.2. The van der Waals surface area contributed by atoms with Crippen LogP contribution in [-0.4, -0.2) is 34.0 Å². The van der Waals surface area contributed by atoms with Gasteiger partial charge in [0.2, 0.25) is 0 Å². The van der Waals surface area contributed by atoms with Gasteiger partial charge in [-0.25, -0.2) is 0 Å². The molecule has 0 saturated heterocycles. The molecule has 1 amide bonds. The molecule has 0 spiro atoms. The summed E-state index contributed by atoms with van der Waals surface area (Å²) in [6.07, 6.45) is 4.65. The molecule has 1 unspecified atom stereocenters. The van der Waals surface area contributed by atoms with Crippen molar-refractivity contribution >= 4 is 23.5 Å². The zero-order chi connectivity index (χ0) is 25.7. The van der Waals surface area contributed by atoms with Crippen molar-refractivity contribution in [1.29, 1.82) is 0 Å². The Labute approximate surface area is 217 Å². The first kappa shape index (κ1) is 25.8. The number of rotatable bonds is 9. The van der Waals surface area contributed by atoms with Crippen molar-refractivity contribution < 1.29 is 19.4 Å². The molecular formula is C30H32ClNO4. The van der Waals surface area contributed by atoms with Gasteiger partial charge in [0.1, 0.15) is 17.9 Å². The van der Waals surface area contributed by atoms with Crippen LogP contribution in [-0.2, 0) is 30.6 Å². The molecule has 5 nitrogen and oxygen atoms in total. The number of amides is 1. The third-order valence-corrected chi connectivity index (χ3v) is 6.84. The number of halogens is 1. The van der Waals surface area contributed by atoms with Gasteiger partial charge in [0.25, 0.3) is 5.91 Å². The number of carboxylic acid groups (broad SMARTS) is 1. The maximum Gasteiger partial charge on any atom is 0.323 e. The van der Waals surface area contributed by atoms with Crippen LogP contribution in [0.2, 0.25) is 5.02 Å². The van der Waals surface area contributed by atoms with Crippen LogP contribution in [0.15, 0.2) is 66.7 Å². The lowest BCUT2D eigenvalue weighted by Gasteiger charge is -2.36. The van der Waals surface area contributed by atoms with Gasteiger partial charge in [-0.3, -0.25) is 9.59 Å². The SMILES string of the molecule is CCCc1ccc(CC2(C)CCc3cc(C(=O)N(CC(=O)O)Cc4cccc(Cl)c4)ccc3O2)cc1. The number of hydrogen-bond donors (Lipinski definition) is 1. The molecule has 1 aliphatic heterocycles. The summed E-state index contributed by atoms with van der Waals surface area (Å²) in [6.45, 7) is 4.08. The predicted octanol–water partition coefficient (Wildman–Crippen LogP) is 6.35. The minimum atomic E-state index is -1.06.